The molecule has 0 saturated heterocycles. The number of nitrogens with one attached hydrogen (secondary N) is 1. The molecule has 1 aliphatic rings. The van der Waals surface area contributed by atoms with Gasteiger partial charge in [-0.15, -0.1) is 0 Å². The van der Waals surface area contributed by atoms with Crippen molar-refractivity contribution < 1.29 is 27.4 Å². The largest absolute Gasteiger partial charge is 0.493 e. The average molecular weight is 406 g/mol. The Labute approximate surface area is 164 Å². The van der Waals surface area contributed by atoms with E-state index in [1.165, 1.54) is 44.2 Å². The Morgan fingerprint density at radius 1 is 1.14 bits per heavy atom. The van der Waals surface area contributed by atoms with Crippen molar-refractivity contribution in [2.24, 2.45) is 0 Å². The smallest absolute Gasteiger partial charge is 0.261 e. The van der Waals surface area contributed by atoms with Crippen LogP contribution >= 0.6 is 0 Å². The number of amides is 1. The van der Waals surface area contributed by atoms with E-state index in [2.05, 4.69) is 4.72 Å². The maximum Gasteiger partial charge on any atom is 0.261 e. The molecule has 0 aliphatic carbocycles. The molecule has 1 heterocycles. The molecule has 28 heavy (non-hydrogen) atoms. The normalized spacial score (nSPS) is 16.0. The van der Waals surface area contributed by atoms with E-state index in [0.717, 1.165) is 0 Å². The molecule has 1 atom stereocenters. The van der Waals surface area contributed by atoms with Crippen molar-refractivity contribution in [3.63, 3.8) is 0 Å². The molecule has 0 bridgehead atoms. The van der Waals surface area contributed by atoms with E-state index in [1.54, 1.807) is 18.2 Å². The number of methoxy groups -OCH3 is 2. The summed E-state index contributed by atoms with van der Waals surface area (Å²) in [5, 5.41) is 0. The topological polar surface area (TPSA) is 94.2 Å². The third kappa shape index (κ3) is 3.84. The fourth-order valence-corrected chi connectivity index (χ4v) is 4.07. The molecule has 2 aromatic carbocycles. The van der Waals surface area contributed by atoms with E-state index in [1.807, 2.05) is 6.92 Å². The molecule has 3 rings (SSSR count). The summed E-state index contributed by atoms with van der Waals surface area (Å²) in [4.78, 5) is 13.5. The van der Waals surface area contributed by atoms with Gasteiger partial charge in [-0.3, -0.25) is 9.52 Å². The van der Waals surface area contributed by atoms with Gasteiger partial charge in [0.25, 0.3) is 10.0 Å². The highest BCUT2D eigenvalue weighted by molar-refractivity contribution is 7.92. The molecule has 1 unspecified atom stereocenters. The van der Waals surface area contributed by atoms with Crippen molar-refractivity contribution in [1.82, 2.24) is 0 Å². The molecule has 8 nitrogen and oxygen atoms in total. The van der Waals surface area contributed by atoms with Crippen molar-refractivity contribution in [1.29, 1.82) is 0 Å². The second-order valence-corrected chi connectivity index (χ2v) is 8.05. The van der Waals surface area contributed by atoms with Crippen LogP contribution in [-0.2, 0) is 14.8 Å². The summed E-state index contributed by atoms with van der Waals surface area (Å²) in [5.74, 6) is 1.18. The lowest BCUT2D eigenvalue weighted by Crippen LogP contribution is -2.41. The van der Waals surface area contributed by atoms with Crippen molar-refractivity contribution in [3.05, 3.63) is 36.4 Å². The Kier molecular flexibility index (Phi) is 5.37. The van der Waals surface area contributed by atoms with E-state index in [9.17, 15) is 13.2 Å². The van der Waals surface area contributed by atoms with Gasteiger partial charge in [0.05, 0.1) is 37.0 Å². The summed E-state index contributed by atoms with van der Waals surface area (Å²) in [5.41, 5.74) is 0.754. The minimum atomic E-state index is -3.89. The van der Waals surface area contributed by atoms with Gasteiger partial charge in [-0.25, -0.2) is 8.42 Å². The van der Waals surface area contributed by atoms with Crippen LogP contribution in [0.25, 0.3) is 0 Å². The lowest BCUT2D eigenvalue weighted by molar-refractivity contribution is -0.117. The van der Waals surface area contributed by atoms with Crippen LogP contribution in [0, 0.1) is 0 Å². The van der Waals surface area contributed by atoms with E-state index < -0.39 is 10.0 Å². The van der Waals surface area contributed by atoms with Crippen molar-refractivity contribution in [2.45, 2.75) is 24.8 Å². The minimum absolute atomic E-state index is 0.0189. The fourth-order valence-electron chi connectivity index (χ4n) is 3.00. The molecule has 0 aromatic heterocycles. The van der Waals surface area contributed by atoms with Crippen LogP contribution in [0.1, 0.15) is 13.8 Å². The number of nitrogens with zero attached hydrogens (tertiary/aromatic N) is 1. The van der Waals surface area contributed by atoms with E-state index in [-0.39, 0.29) is 16.9 Å². The van der Waals surface area contributed by atoms with Gasteiger partial charge in [0.1, 0.15) is 11.9 Å². The number of hydrogen-bond donors (Lipinski definition) is 1. The highest BCUT2D eigenvalue weighted by Crippen LogP contribution is 2.36. The minimum Gasteiger partial charge on any atom is -0.493 e. The molecule has 9 heteroatoms. The van der Waals surface area contributed by atoms with Gasteiger partial charge in [0.2, 0.25) is 5.91 Å². The molecule has 1 N–H and O–H groups in total. The van der Waals surface area contributed by atoms with Crippen molar-refractivity contribution in [2.75, 3.05) is 30.4 Å². The average Bonchev–Trinajstić information content (AvgIpc) is 2.66. The highest BCUT2D eigenvalue weighted by Gasteiger charge is 2.28. The molecule has 0 spiro atoms. The SMILES string of the molecule is COc1ccc(NS(=O)(=O)c2ccc3c(c2)N(C(C)=O)CC(C)O3)cc1OC. The first-order valence-electron chi connectivity index (χ1n) is 8.59. The lowest BCUT2D eigenvalue weighted by atomic mass is 10.2. The molecule has 0 fully saturated rings. The molecular weight excluding hydrogens is 384 g/mol. The second-order valence-electron chi connectivity index (χ2n) is 6.36. The lowest BCUT2D eigenvalue weighted by Gasteiger charge is -2.33. The summed E-state index contributed by atoms with van der Waals surface area (Å²) in [7, 11) is -0.926. The Hall–Kier alpha value is -2.94. The van der Waals surface area contributed by atoms with Crippen LogP contribution < -0.4 is 23.8 Å². The fraction of sp³-hybridized carbons (Fsp3) is 0.316. The Bertz CT molecular complexity index is 1010. The zero-order chi connectivity index (χ0) is 20.5. The van der Waals surface area contributed by atoms with Crippen LogP contribution in [0.4, 0.5) is 11.4 Å². The van der Waals surface area contributed by atoms with Crippen LogP contribution in [-0.4, -0.2) is 41.2 Å². The highest BCUT2D eigenvalue weighted by atomic mass is 32.2. The Balaban J connectivity index is 1.95. The summed E-state index contributed by atoms with van der Waals surface area (Å²) < 4.78 is 44.3. The molecule has 0 saturated carbocycles. The second kappa shape index (κ2) is 7.59. The molecule has 2 aromatic rings. The van der Waals surface area contributed by atoms with E-state index in [0.29, 0.717) is 35.2 Å². The summed E-state index contributed by atoms with van der Waals surface area (Å²) in [6.45, 7) is 3.64. The number of anilines is 2. The first-order valence-corrected chi connectivity index (χ1v) is 10.1. The van der Waals surface area contributed by atoms with Crippen LogP contribution in [0.15, 0.2) is 41.3 Å². The van der Waals surface area contributed by atoms with Crippen LogP contribution in [0.3, 0.4) is 0 Å². The van der Waals surface area contributed by atoms with Gasteiger partial charge in [-0.2, -0.15) is 0 Å². The van der Waals surface area contributed by atoms with Gasteiger partial charge in [-0.1, -0.05) is 0 Å². The maximum atomic E-state index is 12.9. The standard InChI is InChI=1S/C19H22N2O6S/c1-12-11-21(13(2)22)16-10-15(6-8-17(16)27-12)28(23,24)20-14-5-7-18(25-3)19(9-14)26-4/h5-10,12,20H,11H2,1-4H3. The number of carbonyl (C=O) groups excluding carboxylic acids is 1. The first kappa shape index (κ1) is 19.8. The van der Waals surface area contributed by atoms with Crippen LogP contribution in [0.2, 0.25) is 0 Å². The van der Waals surface area contributed by atoms with E-state index >= 15 is 0 Å². The van der Waals surface area contributed by atoms with Crippen molar-refractivity contribution >= 4 is 27.3 Å². The number of ether oxygens (including phenoxy) is 3. The van der Waals surface area contributed by atoms with Crippen LogP contribution in [0.5, 0.6) is 17.2 Å². The van der Waals surface area contributed by atoms with Gasteiger partial charge in [0.15, 0.2) is 11.5 Å². The summed E-state index contributed by atoms with van der Waals surface area (Å²) >= 11 is 0. The zero-order valence-electron chi connectivity index (χ0n) is 16.1. The number of rotatable bonds is 5. The number of benzene rings is 2. The maximum absolute atomic E-state index is 12.9. The zero-order valence-corrected chi connectivity index (χ0v) is 16.9. The summed E-state index contributed by atoms with van der Waals surface area (Å²) in [6.07, 6.45) is -0.177. The molecule has 150 valence electrons. The third-order valence-corrected chi connectivity index (χ3v) is 5.69. The number of sulfonamides is 1. The molecule has 0 radical (unpaired) electrons. The number of hydrogen-bond acceptors (Lipinski definition) is 6. The van der Waals surface area contributed by atoms with Gasteiger partial charge in [0, 0.05) is 13.0 Å². The monoisotopic (exact) mass is 406 g/mol. The molecule has 1 amide bonds. The summed E-state index contributed by atoms with van der Waals surface area (Å²) in [6, 6.07) is 9.15. The van der Waals surface area contributed by atoms with Gasteiger partial charge in [-0.05, 0) is 37.3 Å². The number of fused-ring (bicyclic) bond motifs is 1. The molecule has 1 aliphatic heterocycles. The van der Waals surface area contributed by atoms with Gasteiger partial charge >= 0.3 is 0 Å². The predicted octanol–water partition coefficient (Wildman–Crippen LogP) is 2.64. The number of carbonyl (C=O) groups is 1. The Morgan fingerprint density at radius 2 is 1.86 bits per heavy atom. The third-order valence-electron chi connectivity index (χ3n) is 4.32. The van der Waals surface area contributed by atoms with Crippen molar-refractivity contribution in [3.8, 4) is 17.2 Å². The molecular formula is C19H22N2O6S. The van der Waals surface area contributed by atoms with E-state index in [4.69, 9.17) is 14.2 Å². The predicted molar refractivity (Wildman–Crippen MR) is 105 cm³/mol. The Morgan fingerprint density at radius 3 is 2.50 bits per heavy atom. The first-order chi connectivity index (χ1) is 13.2. The van der Waals surface area contributed by atoms with Gasteiger partial charge < -0.3 is 19.1 Å². The quantitative estimate of drug-likeness (QED) is 0.820.